The fraction of sp³-hybridized carbons (Fsp3) is 0.240. The van der Waals surface area contributed by atoms with E-state index in [4.69, 9.17) is 9.84 Å². The molecule has 1 fully saturated rings. The summed E-state index contributed by atoms with van der Waals surface area (Å²) >= 11 is 0. The monoisotopic (exact) mass is 433 g/mol. The summed E-state index contributed by atoms with van der Waals surface area (Å²) in [5.41, 5.74) is 2.99. The average Bonchev–Trinajstić information content (AvgIpc) is 3.21. The number of hydrogen-bond donors (Lipinski definition) is 3. The number of carbonyl (C=O) groups excluding carboxylic acids is 1. The number of rotatable bonds is 5. The number of nitrogens with zero attached hydrogens (tertiary/aromatic N) is 1. The molecule has 0 saturated carbocycles. The first-order valence-corrected chi connectivity index (χ1v) is 10.2. The minimum atomic E-state index is -1.05. The molecule has 0 spiro atoms. The second kappa shape index (κ2) is 8.40. The smallest absolute Gasteiger partial charge is 0.257 e. The van der Waals surface area contributed by atoms with E-state index in [9.17, 15) is 9.18 Å². The number of aliphatic hydroxyl groups is 1. The van der Waals surface area contributed by atoms with Crippen molar-refractivity contribution in [3.63, 3.8) is 0 Å². The summed E-state index contributed by atoms with van der Waals surface area (Å²) in [6, 6.07) is 10.8. The highest BCUT2D eigenvalue weighted by molar-refractivity contribution is 5.92. The molecule has 1 saturated heterocycles. The number of fused-ring (bicyclic) bond motifs is 1. The van der Waals surface area contributed by atoms with Crippen LogP contribution in [0.4, 0.5) is 4.39 Å². The number of nitrogens with one attached hydrogen (secondary N) is 2. The van der Waals surface area contributed by atoms with Gasteiger partial charge in [-0.1, -0.05) is 54.8 Å². The van der Waals surface area contributed by atoms with Crippen molar-refractivity contribution >= 4 is 11.6 Å². The summed E-state index contributed by atoms with van der Waals surface area (Å²) in [5, 5.41) is 14.7. The summed E-state index contributed by atoms with van der Waals surface area (Å²) in [5.74, 6) is 4.86. The summed E-state index contributed by atoms with van der Waals surface area (Å²) in [4.78, 5) is 15.0. The van der Waals surface area contributed by atoms with Gasteiger partial charge in [0.1, 0.15) is 13.2 Å². The fourth-order valence-electron chi connectivity index (χ4n) is 4.07. The number of hydrogen-bond acceptors (Lipinski definition) is 5. The van der Waals surface area contributed by atoms with Crippen LogP contribution >= 0.6 is 0 Å². The molecule has 7 heteroatoms. The first kappa shape index (κ1) is 21.5. The molecule has 0 radical (unpaired) electrons. The van der Waals surface area contributed by atoms with Gasteiger partial charge in [-0.05, 0) is 30.2 Å². The lowest BCUT2D eigenvalue weighted by Crippen LogP contribution is -2.50. The molecular weight excluding hydrogens is 409 g/mol. The predicted octanol–water partition coefficient (Wildman–Crippen LogP) is 2.38. The first-order chi connectivity index (χ1) is 15.3. The second-order valence-electron chi connectivity index (χ2n) is 7.87. The summed E-state index contributed by atoms with van der Waals surface area (Å²) in [6.07, 6.45) is 0. The van der Waals surface area contributed by atoms with E-state index < -0.39 is 11.4 Å². The highest BCUT2D eigenvalue weighted by Gasteiger charge is 2.47. The van der Waals surface area contributed by atoms with E-state index in [-0.39, 0.29) is 31.4 Å². The van der Waals surface area contributed by atoms with Crippen molar-refractivity contribution in [2.24, 2.45) is 0 Å². The number of aryl methyl sites for hydroxylation is 1. The van der Waals surface area contributed by atoms with Gasteiger partial charge in [0.25, 0.3) is 5.91 Å². The summed E-state index contributed by atoms with van der Waals surface area (Å²) in [6.45, 7) is 10.4. The van der Waals surface area contributed by atoms with Crippen LogP contribution in [0.5, 0.6) is 5.75 Å². The van der Waals surface area contributed by atoms with E-state index in [1.54, 1.807) is 6.07 Å². The van der Waals surface area contributed by atoms with Crippen molar-refractivity contribution < 1.29 is 19.0 Å². The van der Waals surface area contributed by atoms with Crippen LogP contribution in [0.1, 0.15) is 22.3 Å². The molecule has 2 heterocycles. The Morgan fingerprint density at radius 3 is 2.66 bits per heavy atom. The van der Waals surface area contributed by atoms with Gasteiger partial charge < -0.3 is 25.4 Å². The lowest BCUT2D eigenvalue weighted by atomic mass is 9.88. The van der Waals surface area contributed by atoms with Gasteiger partial charge in [-0.2, -0.15) is 0 Å². The van der Waals surface area contributed by atoms with Crippen LogP contribution in [0.3, 0.4) is 0 Å². The van der Waals surface area contributed by atoms with Crippen molar-refractivity contribution in [3.8, 4) is 17.6 Å². The van der Waals surface area contributed by atoms with Gasteiger partial charge in [-0.25, -0.2) is 4.39 Å². The highest BCUT2D eigenvalue weighted by Crippen LogP contribution is 2.39. The molecule has 0 bridgehead atoms. The SMILES string of the molecule is C=C1NC(=O)C(CN2Cc3cc(OCC#CCO)c(F)cc3C2=C)(c2ccc(C)cc2)N1. The van der Waals surface area contributed by atoms with Crippen molar-refractivity contribution in [1.29, 1.82) is 0 Å². The first-order valence-electron chi connectivity index (χ1n) is 10.2. The average molecular weight is 433 g/mol. The van der Waals surface area contributed by atoms with Crippen LogP contribution in [0.25, 0.3) is 5.70 Å². The van der Waals surface area contributed by atoms with E-state index in [1.165, 1.54) is 6.07 Å². The normalized spacial score (nSPS) is 19.2. The van der Waals surface area contributed by atoms with Crippen molar-refractivity contribution in [1.82, 2.24) is 15.5 Å². The number of halogens is 1. The van der Waals surface area contributed by atoms with Crippen LogP contribution in [-0.2, 0) is 16.9 Å². The van der Waals surface area contributed by atoms with Gasteiger partial charge in [0.05, 0.1) is 12.4 Å². The zero-order valence-corrected chi connectivity index (χ0v) is 17.8. The lowest BCUT2D eigenvalue weighted by Gasteiger charge is -2.33. The standard InChI is InChI=1S/C25H24FN3O3/c1-16-6-8-20(9-7-16)25(24(31)27-18(3)28-25)15-29-14-19-12-23(32-11-5-4-10-30)22(26)13-21(19)17(29)2/h6-9,12-13,28,30H,2-3,10-11,14-15H2,1H3,(H,27,31). The highest BCUT2D eigenvalue weighted by atomic mass is 19.1. The summed E-state index contributed by atoms with van der Waals surface area (Å²) < 4.78 is 20.0. The number of benzene rings is 2. The molecule has 3 N–H and O–H groups in total. The maximum atomic E-state index is 14.6. The molecule has 6 nitrogen and oxygen atoms in total. The number of carbonyl (C=O) groups is 1. The zero-order chi connectivity index (χ0) is 22.9. The lowest BCUT2D eigenvalue weighted by molar-refractivity contribution is -0.124. The number of ether oxygens (including phenoxy) is 1. The molecule has 4 rings (SSSR count). The Morgan fingerprint density at radius 2 is 2.00 bits per heavy atom. The van der Waals surface area contributed by atoms with Crippen LogP contribution in [0, 0.1) is 24.6 Å². The van der Waals surface area contributed by atoms with Gasteiger partial charge in [-0.3, -0.25) is 4.79 Å². The number of aliphatic hydroxyl groups excluding tert-OH is 1. The van der Waals surface area contributed by atoms with Gasteiger partial charge >= 0.3 is 0 Å². The molecule has 1 atom stereocenters. The van der Waals surface area contributed by atoms with Gasteiger partial charge in [-0.15, -0.1) is 0 Å². The Labute approximate surface area is 186 Å². The minimum Gasteiger partial charge on any atom is -0.478 e. The molecule has 2 aliphatic rings. The van der Waals surface area contributed by atoms with Crippen molar-refractivity contribution in [3.05, 3.63) is 83.4 Å². The van der Waals surface area contributed by atoms with E-state index in [2.05, 4.69) is 35.6 Å². The summed E-state index contributed by atoms with van der Waals surface area (Å²) in [7, 11) is 0. The molecule has 1 amide bonds. The molecule has 0 aromatic heterocycles. The molecule has 32 heavy (non-hydrogen) atoms. The minimum absolute atomic E-state index is 0.0241. The third-order valence-corrected chi connectivity index (χ3v) is 5.70. The maximum absolute atomic E-state index is 14.6. The molecule has 2 aromatic carbocycles. The van der Waals surface area contributed by atoms with Gasteiger partial charge in [0.15, 0.2) is 17.1 Å². The largest absolute Gasteiger partial charge is 0.478 e. The Hall–Kier alpha value is -3.76. The van der Waals surface area contributed by atoms with Crippen LogP contribution in [0.2, 0.25) is 0 Å². The molecular formula is C25H24FN3O3. The quantitative estimate of drug-likeness (QED) is 0.632. The maximum Gasteiger partial charge on any atom is 0.257 e. The fourth-order valence-corrected chi connectivity index (χ4v) is 4.07. The van der Waals surface area contributed by atoms with Crippen LogP contribution in [-0.4, -0.2) is 35.7 Å². The van der Waals surface area contributed by atoms with E-state index in [0.29, 0.717) is 23.6 Å². The Balaban J connectivity index is 1.61. The number of amides is 1. The molecule has 1 unspecified atom stereocenters. The Bertz CT molecular complexity index is 1160. The third kappa shape index (κ3) is 3.81. The third-order valence-electron chi connectivity index (χ3n) is 5.70. The van der Waals surface area contributed by atoms with E-state index >= 15 is 0 Å². The van der Waals surface area contributed by atoms with Crippen LogP contribution in [0.15, 0.2) is 55.4 Å². The molecule has 0 aliphatic carbocycles. The second-order valence-corrected chi connectivity index (χ2v) is 7.87. The van der Waals surface area contributed by atoms with Crippen molar-refractivity contribution in [2.45, 2.75) is 19.0 Å². The topological polar surface area (TPSA) is 73.8 Å². The van der Waals surface area contributed by atoms with Crippen LogP contribution < -0.4 is 15.4 Å². The predicted molar refractivity (Wildman–Crippen MR) is 119 cm³/mol. The van der Waals surface area contributed by atoms with E-state index in [1.807, 2.05) is 36.1 Å². The van der Waals surface area contributed by atoms with Gasteiger partial charge in [0.2, 0.25) is 0 Å². The zero-order valence-electron chi connectivity index (χ0n) is 17.8. The Morgan fingerprint density at radius 1 is 1.25 bits per heavy atom. The molecule has 2 aromatic rings. The van der Waals surface area contributed by atoms with E-state index in [0.717, 1.165) is 16.7 Å². The van der Waals surface area contributed by atoms with Crippen molar-refractivity contribution in [2.75, 3.05) is 19.8 Å². The Kier molecular flexibility index (Phi) is 5.64. The molecule has 164 valence electrons. The van der Waals surface area contributed by atoms with Gasteiger partial charge in [0, 0.05) is 17.8 Å². The molecule has 2 aliphatic heterocycles.